The highest BCUT2D eigenvalue weighted by Crippen LogP contribution is 2.25. The number of nitrogens with zero attached hydrogens (tertiary/aromatic N) is 1. The van der Waals surface area contributed by atoms with Gasteiger partial charge >= 0.3 is 0 Å². The molecule has 0 radical (unpaired) electrons. The molecule has 2 aliphatic rings. The van der Waals surface area contributed by atoms with Crippen molar-refractivity contribution in [3.63, 3.8) is 0 Å². The number of hydrogen-bond acceptors (Lipinski definition) is 4. The van der Waals surface area contributed by atoms with Crippen molar-refractivity contribution >= 4 is 15.9 Å². The van der Waals surface area contributed by atoms with Crippen molar-refractivity contribution in [2.24, 2.45) is 5.92 Å². The van der Waals surface area contributed by atoms with Crippen molar-refractivity contribution in [3.05, 3.63) is 35.9 Å². The van der Waals surface area contributed by atoms with Crippen LogP contribution < -0.4 is 10.1 Å². The van der Waals surface area contributed by atoms with Gasteiger partial charge in [-0.1, -0.05) is 11.6 Å². The number of ether oxygens (including phenoxy) is 1. The summed E-state index contributed by atoms with van der Waals surface area (Å²) >= 11 is 0. The number of allylic oxidation sites excluding steroid dienone is 1. The van der Waals surface area contributed by atoms with Crippen LogP contribution in [0, 0.1) is 5.92 Å². The molecule has 0 bridgehead atoms. The SMILES string of the molecule is COc1ccc(S(=O)(=O)N2CCC[C@H](C(=O)NCCC3=CCCCC3)C2)cc1. The molecule has 28 heavy (non-hydrogen) atoms. The van der Waals surface area contributed by atoms with Crippen molar-refractivity contribution in [3.8, 4) is 5.75 Å². The van der Waals surface area contributed by atoms with Crippen molar-refractivity contribution in [2.45, 2.75) is 49.8 Å². The van der Waals surface area contributed by atoms with Gasteiger partial charge in [0.2, 0.25) is 15.9 Å². The Morgan fingerprint density at radius 1 is 1.21 bits per heavy atom. The molecule has 1 fully saturated rings. The van der Waals surface area contributed by atoms with E-state index in [0.717, 1.165) is 25.7 Å². The highest BCUT2D eigenvalue weighted by molar-refractivity contribution is 7.89. The van der Waals surface area contributed by atoms with E-state index in [9.17, 15) is 13.2 Å². The van der Waals surface area contributed by atoms with Crippen molar-refractivity contribution < 1.29 is 17.9 Å². The van der Waals surface area contributed by atoms with Crippen LogP contribution in [0.3, 0.4) is 0 Å². The molecule has 1 aliphatic heterocycles. The van der Waals surface area contributed by atoms with Gasteiger partial charge in [-0.15, -0.1) is 0 Å². The Balaban J connectivity index is 1.56. The summed E-state index contributed by atoms with van der Waals surface area (Å²) in [6.45, 7) is 1.32. The van der Waals surface area contributed by atoms with E-state index in [0.29, 0.717) is 25.3 Å². The van der Waals surface area contributed by atoms with Crippen LogP contribution in [0.25, 0.3) is 0 Å². The average molecular weight is 407 g/mol. The maximum Gasteiger partial charge on any atom is 0.243 e. The van der Waals surface area contributed by atoms with Crippen molar-refractivity contribution in [1.82, 2.24) is 9.62 Å². The minimum absolute atomic E-state index is 0.0361. The molecule has 1 saturated heterocycles. The van der Waals surface area contributed by atoms with E-state index >= 15 is 0 Å². The molecule has 0 aromatic heterocycles. The topological polar surface area (TPSA) is 75.7 Å². The molecule has 154 valence electrons. The summed E-state index contributed by atoms with van der Waals surface area (Å²) in [5.74, 6) is 0.288. The number of piperidine rings is 1. The van der Waals surface area contributed by atoms with Crippen LogP contribution in [0.2, 0.25) is 0 Å². The zero-order chi connectivity index (χ0) is 20.0. The first-order valence-electron chi connectivity index (χ1n) is 10.1. The Morgan fingerprint density at radius 2 is 2.00 bits per heavy atom. The molecule has 1 N–H and O–H groups in total. The lowest BCUT2D eigenvalue weighted by atomic mass is 9.96. The summed E-state index contributed by atoms with van der Waals surface area (Å²) < 4.78 is 32.4. The number of amides is 1. The first-order valence-corrected chi connectivity index (χ1v) is 11.5. The Kier molecular flexibility index (Phi) is 7.13. The molecule has 1 atom stereocenters. The third-order valence-electron chi connectivity index (χ3n) is 5.58. The largest absolute Gasteiger partial charge is 0.497 e. The highest BCUT2D eigenvalue weighted by atomic mass is 32.2. The van der Waals surface area contributed by atoms with Crippen LogP contribution in [-0.4, -0.2) is 45.4 Å². The van der Waals surface area contributed by atoms with Crippen LogP contribution in [0.15, 0.2) is 40.8 Å². The maximum absolute atomic E-state index is 12.9. The molecule has 6 nitrogen and oxygen atoms in total. The van der Waals surface area contributed by atoms with Crippen molar-refractivity contribution in [1.29, 1.82) is 0 Å². The van der Waals surface area contributed by atoms with Gasteiger partial charge in [-0.05, 0) is 69.2 Å². The molecule has 0 spiro atoms. The van der Waals surface area contributed by atoms with E-state index in [1.54, 1.807) is 31.4 Å². The average Bonchev–Trinajstić information content (AvgIpc) is 2.74. The smallest absolute Gasteiger partial charge is 0.243 e. The molecule has 3 rings (SSSR count). The Bertz CT molecular complexity index is 802. The number of sulfonamides is 1. The van der Waals surface area contributed by atoms with E-state index in [1.807, 2.05) is 0 Å². The lowest BCUT2D eigenvalue weighted by Gasteiger charge is -2.31. The minimum atomic E-state index is -3.60. The van der Waals surface area contributed by atoms with Crippen LogP contribution >= 0.6 is 0 Å². The number of carbonyl (C=O) groups excluding carboxylic acids is 1. The molecule has 0 saturated carbocycles. The second-order valence-electron chi connectivity index (χ2n) is 7.53. The van der Waals surface area contributed by atoms with Gasteiger partial charge in [-0.2, -0.15) is 4.31 Å². The summed E-state index contributed by atoms with van der Waals surface area (Å²) in [5.41, 5.74) is 1.43. The summed E-state index contributed by atoms with van der Waals surface area (Å²) in [6.07, 6.45) is 9.38. The second-order valence-corrected chi connectivity index (χ2v) is 9.46. The number of carbonyl (C=O) groups is 1. The fourth-order valence-corrected chi connectivity index (χ4v) is 5.42. The summed E-state index contributed by atoms with van der Waals surface area (Å²) in [7, 11) is -2.06. The number of rotatable bonds is 7. The Labute approximate surface area is 168 Å². The van der Waals surface area contributed by atoms with Gasteiger partial charge in [0.15, 0.2) is 0 Å². The van der Waals surface area contributed by atoms with Crippen LogP contribution in [-0.2, 0) is 14.8 Å². The van der Waals surface area contributed by atoms with Gasteiger partial charge in [0.05, 0.1) is 17.9 Å². The van der Waals surface area contributed by atoms with Gasteiger partial charge in [0.1, 0.15) is 5.75 Å². The first kappa shape index (κ1) is 20.9. The van der Waals surface area contributed by atoms with E-state index in [-0.39, 0.29) is 23.3 Å². The molecule has 1 aliphatic carbocycles. The Morgan fingerprint density at radius 3 is 2.68 bits per heavy atom. The molecule has 1 aromatic carbocycles. The lowest BCUT2D eigenvalue weighted by Crippen LogP contribution is -2.45. The zero-order valence-electron chi connectivity index (χ0n) is 16.5. The highest BCUT2D eigenvalue weighted by Gasteiger charge is 2.33. The number of benzene rings is 1. The fraction of sp³-hybridized carbons (Fsp3) is 0.571. The molecular weight excluding hydrogens is 376 g/mol. The van der Waals surface area contributed by atoms with E-state index in [1.165, 1.54) is 22.7 Å². The summed E-state index contributed by atoms with van der Waals surface area (Å²) in [6, 6.07) is 6.38. The number of nitrogens with one attached hydrogen (secondary N) is 1. The van der Waals surface area contributed by atoms with Crippen LogP contribution in [0.4, 0.5) is 0 Å². The predicted octanol–water partition coefficient (Wildman–Crippen LogP) is 3.10. The summed E-state index contributed by atoms with van der Waals surface area (Å²) in [4.78, 5) is 12.8. The van der Waals surface area contributed by atoms with Crippen LogP contribution in [0.5, 0.6) is 5.75 Å². The predicted molar refractivity (Wildman–Crippen MR) is 109 cm³/mol. The van der Waals surface area contributed by atoms with E-state index in [2.05, 4.69) is 11.4 Å². The minimum Gasteiger partial charge on any atom is -0.497 e. The second kappa shape index (κ2) is 9.56. The van der Waals surface area contributed by atoms with E-state index in [4.69, 9.17) is 4.74 Å². The normalized spacial score (nSPS) is 21.0. The molecule has 1 amide bonds. The van der Waals surface area contributed by atoms with Gasteiger partial charge < -0.3 is 10.1 Å². The quantitative estimate of drug-likeness (QED) is 0.706. The fourth-order valence-electron chi connectivity index (χ4n) is 3.89. The molecule has 7 heteroatoms. The van der Waals surface area contributed by atoms with Gasteiger partial charge in [-0.25, -0.2) is 8.42 Å². The Hall–Kier alpha value is -1.86. The molecule has 1 heterocycles. The maximum atomic E-state index is 12.9. The third-order valence-corrected chi connectivity index (χ3v) is 7.46. The molecule has 1 aromatic rings. The van der Waals surface area contributed by atoms with Crippen LogP contribution in [0.1, 0.15) is 44.9 Å². The first-order chi connectivity index (χ1) is 13.5. The zero-order valence-corrected chi connectivity index (χ0v) is 17.3. The lowest BCUT2D eigenvalue weighted by molar-refractivity contribution is -0.126. The molecule has 0 unspecified atom stereocenters. The van der Waals surface area contributed by atoms with Gasteiger partial charge in [-0.3, -0.25) is 4.79 Å². The molecular formula is C21H30N2O4S. The summed E-state index contributed by atoms with van der Waals surface area (Å²) in [5, 5.41) is 3.01. The van der Waals surface area contributed by atoms with E-state index < -0.39 is 10.0 Å². The van der Waals surface area contributed by atoms with Gasteiger partial charge in [0.25, 0.3) is 0 Å². The van der Waals surface area contributed by atoms with Gasteiger partial charge in [0, 0.05) is 19.6 Å². The number of hydrogen-bond donors (Lipinski definition) is 1. The standard InChI is InChI=1S/C21H30N2O4S/c1-27-19-9-11-20(12-10-19)28(25,26)23-15-5-8-18(16-23)21(24)22-14-13-17-6-3-2-4-7-17/h6,9-12,18H,2-5,7-8,13-16H2,1H3,(H,22,24)/t18-/m0/s1. The van der Waals surface area contributed by atoms with Crippen molar-refractivity contribution in [2.75, 3.05) is 26.7 Å². The number of methoxy groups -OCH3 is 1. The third kappa shape index (κ3) is 5.14. The monoisotopic (exact) mass is 406 g/mol.